The number of nitrogens with one attached hydrogen (secondary N) is 1. The fraction of sp³-hybridized carbons (Fsp3) is 0.200. The number of ether oxygens (including phenoxy) is 1. The van der Waals surface area contributed by atoms with Gasteiger partial charge in [0.2, 0.25) is 0 Å². The molecule has 0 atom stereocenters. The SMILES string of the molecule is CNCc1cccc(Oc2cc(Cl)ccc2C)c1. The topological polar surface area (TPSA) is 21.3 Å². The van der Waals surface area contributed by atoms with Gasteiger partial charge >= 0.3 is 0 Å². The van der Waals surface area contributed by atoms with E-state index in [4.69, 9.17) is 16.3 Å². The van der Waals surface area contributed by atoms with Crippen LogP contribution in [0, 0.1) is 6.92 Å². The molecule has 0 aliphatic heterocycles. The summed E-state index contributed by atoms with van der Waals surface area (Å²) in [5.41, 5.74) is 2.26. The lowest BCUT2D eigenvalue weighted by molar-refractivity contribution is 0.478. The minimum absolute atomic E-state index is 0.682. The number of benzene rings is 2. The molecular weight excluding hydrogens is 246 g/mol. The second-order valence-corrected chi connectivity index (χ2v) is 4.63. The third-order valence-corrected chi connectivity index (χ3v) is 2.89. The van der Waals surface area contributed by atoms with Gasteiger partial charge in [-0.25, -0.2) is 0 Å². The van der Waals surface area contributed by atoms with Crippen LogP contribution in [0.2, 0.25) is 5.02 Å². The Kier molecular flexibility index (Phi) is 4.24. The third kappa shape index (κ3) is 3.25. The van der Waals surface area contributed by atoms with Crippen molar-refractivity contribution >= 4 is 11.6 Å². The lowest BCUT2D eigenvalue weighted by Gasteiger charge is -2.10. The van der Waals surface area contributed by atoms with Crippen LogP contribution >= 0.6 is 11.6 Å². The van der Waals surface area contributed by atoms with Crippen molar-refractivity contribution in [2.75, 3.05) is 7.05 Å². The predicted octanol–water partition coefficient (Wildman–Crippen LogP) is 4.16. The van der Waals surface area contributed by atoms with E-state index < -0.39 is 0 Å². The number of hydrogen-bond acceptors (Lipinski definition) is 2. The Morgan fingerprint density at radius 2 is 2.00 bits per heavy atom. The quantitative estimate of drug-likeness (QED) is 0.892. The molecule has 0 aliphatic rings. The van der Waals surface area contributed by atoms with Gasteiger partial charge < -0.3 is 10.1 Å². The van der Waals surface area contributed by atoms with Crippen LogP contribution in [-0.2, 0) is 6.54 Å². The lowest BCUT2D eigenvalue weighted by atomic mass is 10.2. The predicted molar refractivity (Wildman–Crippen MR) is 75.5 cm³/mol. The number of aryl methyl sites for hydroxylation is 1. The highest BCUT2D eigenvalue weighted by Crippen LogP contribution is 2.28. The highest BCUT2D eigenvalue weighted by molar-refractivity contribution is 6.30. The van der Waals surface area contributed by atoms with Gasteiger partial charge in [0, 0.05) is 11.6 Å². The Labute approximate surface area is 113 Å². The minimum Gasteiger partial charge on any atom is -0.457 e. The van der Waals surface area contributed by atoms with Crippen LogP contribution in [0.25, 0.3) is 0 Å². The first kappa shape index (κ1) is 12.9. The van der Waals surface area contributed by atoms with Gasteiger partial charge in [0.25, 0.3) is 0 Å². The third-order valence-electron chi connectivity index (χ3n) is 2.66. The Balaban J connectivity index is 2.22. The van der Waals surface area contributed by atoms with Crippen molar-refractivity contribution in [2.45, 2.75) is 13.5 Å². The molecule has 2 rings (SSSR count). The molecule has 1 N–H and O–H groups in total. The van der Waals surface area contributed by atoms with Crippen molar-refractivity contribution in [3.63, 3.8) is 0 Å². The monoisotopic (exact) mass is 261 g/mol. The molecule has 0 radical (unpaired) electrons. The van der Waals surface area contributed by atoms with Gasteiger partial charge in [0.1, 0.15) is 11.5 Å². The highest BCUT2D eigenvalue weighted by atomic mass is 35.5. The molecule has 2 aromatic carbocycles. The molecular formula is C15H16ClNO. The summed E-state index contributed by atoms with van der Waals surface area (Å²) in [6, 6.07) is 13.7. The molecule has 0 aliphatic carbocycles. The van der Waals surface area contributed by atoms with E-state index >= 15 is 0 Å². The van der Waals surface area contributed by atoms with E-state index in [-0.39, 0.29) is 0 Å². The Morgan fingerprint density at radius 1 is 1.17 bits per heavy atom. The van der Waals surface area contributed by atoms with Crippen molar-refractivity contribution in [3.8, 4) is 11.5 Å². The van der Waals surface area contributed by atoms with Gasteiger partial charge in [0.15, 0.2) is 0 Å². The summed E-state index contributed by atoms with van der Waals surface area (Å²) in [6.07, 6.45) is 0. The molecule has 0 saturated heterocycles. The van der Waals surface area contributed by atoms with Crippen LogP contribution in [0.3, 0.4) is 0 Å². The second kappa shape index (κ2) is 5.89. The summed E-state index contributed by atoms with van der Waals surface area (Å²) in [5, 5.41) is 3.80. The number of halogens is 1. The van der Waals surface area contributed by atoms with Crippen molar-refractivity contribution in [1.29, 1.82) is 0 Å². The summed E-state index contributed by atoms with van der Waals surface area (Å²) in [4.78, 5) is 0. The zero-order valence-corrected chi connectivity index (χ0v) is 11.3. The van der Waals surface area contributed by atoms with E-state index in [1.54, 1.807) is 0 Å². The van der Waals surface area contributed by atoms with Gasteiger partial charge in [0.05, 0.1) is 0 Å². The number of rotatable bonds is 4. The smallest absolute Gasteiger partial charge is 0.131 e. The van der Waals surface area contributed by atoms with Crippen molar-refractivity contribution in [1.82, 2.24) is 5.32 Å². The molecule has 0 bridgehead atoms. The maximum absolute atomic E-state index is 5.97. The molecule has 0 aromatic heterocycles. The Hall–Kier alpha value is -1.51. The van der Waals surface area contributed by atoms with E-state index in [0.717, 1.165) is 23.6 Å². The first-order valence-corrected chi connectivity index (χ1v) is 6.24. The molecule has 0 fully saturated rings. The highest BCUT2D eigenvalue weighted by Gasteiger charge is 2.03. The molecule has 0 amide bonds. The first-order chi connectivity index (χ1) is 8.69. The number of hydrogen-bond donors (Lipinski definition) is 1. The molecule has 2 nitrogen and oxygen atoms in total. The van der Waals surface area contributed by atoms with Crippen LogP contribution in [-0.4, -0.2) is 7.05 Å². The molecule has 0 unspecified atom stereocenters. The maximum atomic E-state index is 5.97. The molecule has 0 saturated carbocycles. The van der Waals surface area contributed by atoms with E-state index in [0.29, 0.717) is 5.02 Å². The van der Waals surface area contributed by atoms with Crippen LogP contribution in [0.5, 0.6) is 11.5 Å². The van der Waals surface area contributed by atoms with Gasteiger partial charge in [-0.05, 0) is 49.4 Å². The fourth-order valence-electron chi connectivity index (χ4n) is 1.73. The summed E-state index contributed by atoms with van der Waals surface area (Å²) >= 11 is 5.97. The molecule has 0 heterocycles. The van der Waals surface area contributed by atoms with Gasteiger partial charge in [-0.2, -0.15) is 0 Å². The van der Waals surface area contributed by atoms with Crippen LogP contribution in [0.1, 0.15) is 11.1 Å². The van der Waals surface area contributed by atoms with Crippen LogP contribution < -0.4 is 10.1 Å². The lowest BCUT2D eigenvalue weighted by Crippen LogP contribution is -2.04. The van der Waals surface area contributed by atoms with Crippen LogP contribution in [0.4, 0.5) is 0 Å². The van der Waals surface area contributed by atoms with E-state index in [1.165, 1.54) is 5.56 Å². The van der Waals surface area contributed by atoms with Gasteiger partial charge in [-0.1, -0.05) is 29.8 Å². The molecule has 94 valence electrons. The average molecular weight is 262 g/mol. The first-order valence-electron chi connectivity index (χ1n) is 5.86. The zero-order valence-electron chi connectivity index (χ0n) is 10.5. The molecule has 18 heavy (non-hydrogen) atoms. The standard InChI is InChI=1S/C15H16ClNO/c1-11-6-7-13(16)9-15(11)18-14-5-3-4-12(8-14)10-17-2/h3-9,17H,10H2,1-2H3. The van der Waals surface area contributed by atoms with Crippen molar-refractivity contribution in [3.05, 3.63) is 58.6 Å². The summed E-state index contributed by atoms with van der Waals surface area (Å²) in [7, 11) is 1.93. The van der Waals surface area contributed by atoms with Gasteiger partial charge in [-0.15, -0.1) is 0 Å². The summed E-state index contributed by atoms with van der Waals surface area (Å²) in [6.45, 7) is 2.83. The van der Waals surface area contributed by atoms with E-state index in [2.05, 4.69) is 11.4 Å². The Bertz CT molecular complexity index is 540. The maximum Gasteiger partial charge on any atom is 0.131 e. The van der Waals surface area contributed by atoms with Crippen molar-refractivity contribution < 1.29 is 4.74 Å². The molecule has 3 heteroatoms. The zero-order chi connectivity index (χ0) is 13.0. The summed E-state index contributed by atoms with van der Waals surface area (Å²) < 4.78 is 5.86. The van der Waals surface area contributed by atoms with E-state index in [1.807, 2.05) is 50.4 Å². The fourth-order valence-corrected chi connectivity index (χ4v) is 1.90. The Morgan fingerprint density at radius 3 is 2.78 bits per heavy atom. The second-order valence-electron chi connectivity index (χ2n) is 4.19. The van der Waals surface area contributed by atoms with Gasteiger partial charge in [-0.3, -0.25) is 0 Å². The van der Waals surface area contributed by atoms with Crippen LogP contribution in [0.15, 0.2) is 42.5 Å². The largest absolute Gasteiger partial charge is 0.457 e. The molecule has 0 spiro atoms. The minimum atomic E-state index is 0.682. The summed E-state index contributed by atoms with van der Waals surface area (Å²) in [5.74, 6) is 1.62. The van der Waals surface area contributed by atoms with E-state index in [9.17, 15) is 0 Å². The average Bonchev–Trinajstić information content (AvgIpc) is 2.35. The van der Waals surface area contributed by atoms with Crippen molar-refractivity contribution in [2.24, 2.45) is 0 Å². The normalized spacial score (nSPS) is 10.4. The molecule has 2 aromatic rings.